The molecule has 0 radical (unpaired) electrons. The second-order valence-electron chi connectivity index (χ2n) is 8.10. The van der Waals surface area contributed by atoms with Gasteiger partial charge in [0.1, 0.15) is 17.2 Å². The maximum absolute atomic E-state index is 11.8. The number of pyridine rings is 1. The van der Waals surface area contributed by atoms with Gasteiger partial charge in [0.15, 0.2) is 0 Å². The van der Waals surface area contributed by atoms with Crippen LogP contribution in [0.1, 0.15) is 53.6 Å². The average Bonchev–Trinajstić information content (AvgIpc) is 2.98. The van der Waals surface area contributed by atoms with Crippen LogP contribution in [0.5, 0.6) is 0 Å². The molecule has 3 rings (SSSR count). The highest BCUT2D eigenvalue weighted by Gasteiger charge is 2.23. The lowest BCUT2D eigenvalue weighted by molar-refractivity contribution is 0.0697. The first-order valence-electron chi connectivity index (χ1n) is 9.23. The summed E-state index contributed by atoms with van der Waals surface area (Å²) in [5, 5.41) is 17.7. The molecule has 146 valence electrons. The summed E-state index contributed by atoms with van der Waals surface area (Å²) in [5.74, 6) is -0.00933. The minimum absolute atomic E-state index is 0.157. The minimum Gasteiger partial charge on any atom is -0.478 e. The number of aromatic carboxylic acids is 1. The standard InChI is InChI=1S/C22H26N4O2/c1-13-9-7-8-10-16(13)26-18(12-17(25-26)22(4,5)6)24-20-19(21(27)28)14(2)11-15(3)23-20/h7-12H,1-6H3,(H,23,24)(H,27,28). The summed E-state index contributed by atoms with van der Waals surface area (Å²) in [6.07, 6.45) is 0. The third-order valence-electron chi connectivity index (χ3n) is 4.63. The van der Waals surface area contributed by atoms with Crippen LogP contribution in [0.25, 0.3) is 5.69 Å². The van der Waals surface area contributed by atoms with E-state index in [-0.39, 0.29) is 11.0 Å². The number of anilines is 2. The molecule has 6 heteroatoms. The van der Waals surface area contributed by atoms with E-state index >= 15 is 0 Å². The van der Waals surface area contributed by atoms with Gasteiger partial charge in [-0.25, -0.2) is 14.5 Å². The van der Waals surface area contributed by atoms with Gasteiger partial charge in [0.05, 0.1) is 11.4 Å². The first kappa shape index (κ1) is 19.6. The molecule has 3 aromatic rings. The van der Waals surface area contributed by atoms with Crippen LogP contribution >= 0.6 is 0 Å². The number of para-hydroxylation sites is 1. The topological polar surface area (TPSA) is 80.0 Å². The van der Waals surface area contributed by atoms with Crippen molar-refractivity contribution in [2.75, 3.05) is 5.32 Å². The van der Waals surface area contributed by atoms with E-state index in [1.54, 1.807) is 13.0 Å². The quantitative estimate of drug-likeness (QED) is 0.673. The van der Waals surface area contributed by atoms with Crippen LogP contribution in [0.15, 0.2) is 36.4 Å². The van der Waals surface area contributed by atoms with E-state index < -0.39 is 5.97 Å². The predicted octanol–water partition coefficient (Wildman–Crippen LogP) is 4.93. The third-order valence-corrected chi connectivity index (χ3v) is 4.63. The summed E-state index contributed by atoms with van der Waals surface area (Å²) < 4.78 is 1.82. The van der Waals surface area contributed by atoms with Gasteiger partial charge in [0.25, 0.3) is 0 Å². The summed E-state index contributed by atoms with van der Waals surface area (Å²) in [5.41, 5.74) is 4.34. The molecule has 0 aliphatic heterocycles. The zero-order chi connectivity index (χ0) is 20.6. The van der Waals surface area contributed by atoms with Gasteiger partial charge in [-0.3, -0.25) is 0 Å². The smallest absolute Gasteiger partial charge is 0.339 e. The van der Waals surface area contributed by atoms with Gasteiger partial charge in [-0.2, -0.15) is 5.10 Å². The molecular formula is C22H26N4O2. The van der Waals surface area contributed by atoms with Crippen molar-refractivity contribution in [3.05, 3.63) is 64.5 Å². The van der Waals surface area contributed by atoms with E-state index in [4.69, 9.17) is 5.10 Å². The molecular weight excluding hydrogens is 352 g/mol. The number of nitrogens with one attached hydrogen (secondary N) is 1. The number of hydrogen-bond acceptors (Lipinski definition) is 4. The van der Waals surface area contributed by atoms with Crippen molar-refractivity contribution < 1.29 is 9.90 Å². The molecule has 0 amide bonds. The van der Waals surface area contributed by atoms with Crippen LogP contribution in [-0.2, 0) is 5.41 Å². The van der Waals surface area contributed by atoms with Gasteiger partial charge in [-0.1, -0.05) is 39.0 Å². The van der Waals surface area contributed by atoms with E-state index in [2.05, 4.69) is 31.1 Å². The van der Waals surface area contributed by atoms with Crippen LogP contribution in [0, 0.1) is 20.8 Å². The van der Waals surface area contributed by atoms with Gasteiger partial charge >= 0.3 is 5.97 Å². The second-order valence-corrected chi connectivity index (χ2v) is 8.10. The van der Waals surface area contributed by atoms with Crippen LogP contribution in [0.2, 0.25) is 0 Å². The zero-order valence-electron chi connectivity index (χ0n) is 17.2. The lowest BCUT2D eigenvalue weighted by atomic mass is 9.92. The van der Waals surface area contributed by atoms with Crippen molar-refractivity contribution in [3.8, 4) is 5.69 Å². The van der Waals surface area contributed by atoms with Crippen molar-refractivity contribution >= 4 is 17.6 Å². The number of benzene rings is 1. The van der Waals surface area contributed by atoms with E-state index in [0.717, 1.165) is 22.6 Å². The Morgan fingerprint density at radius 1 is 1.07 bits per heavy atom. The third kappa shape index (κ3) is 3.76. The first-order chi connectivity index (χ1) is 13.1. The Labute approximate surface area is 165 Å². The number of aryl methyl sites for hydroxylation is 3. The summed E-state index contributed by atoms with van der Waals surface area (Å²) in [7, 11) is 0. The van der Waals surface area contributed by atoms with Crippen LogP contribution < -0.4 is 5.32 Å². The number of carbonyl (C=O) groups is 1. The molecule has 0 aliphatic rings. The van der Waals surface area contributed by atoms with E-state index in [9.17, 15) is 9.90 Å². The predicted molar refractivity (Wildman–Crippen MR) is 111 cm³/mol. The summed E-state index contributed by atoms with van der Waals surface area (Å²) in [4.78, 5) is 16.3. The van der Waals surface area contributed by atoms with Crippen molar-refractivity contribution in [1.29, 1.82) is 0 Å². The lowest BCUT2D eigenvalue weighted by Crippen LogP contribution is -2.13. The molecule has 0 aliphatic carbocycles. The zero-order valence-corrected chi connectivity index (χ0v) is 17.2. The first-order valence-corrected chi connectivity index (χ1v) is 9.23. The monoisotopic (exact) mass is 378 g/mol. The number of carboxylic acid groups (broad SMARTS) is 1. The summed E-state index contributed by atoms with van der Waals surface area (Å²) in [6.45, 7) is 11.9. The SMILES string of the molecule is Cc1cc(C)c(C(=O)O)c(Nc2cc(C(C)(C)C)nn2-c2ccccc2C)n1. The van der Waals surface area contributed by atoms with Crippen molar-refractivity contribution in [1.82, 2.24) is 14.8 Å². The fourth-order valence-electron chi connectivity index (χ4n) is 3.14. The summed E-state index contributed by atoms with van der Waals surface area (Å²) in [6, 6.07) is 11.7. The molecule has 0 spiro atoms. The van der Waals surface area contributed by atoms with Crippen LogP contribution in [0.4, 0.5) is 11.6 Å². The number of hydrogen-bond donors (Lipinski definition) is 2. The Hall–Kier alpha value is -3.15. The number of carboxylic acids is 1. The number of nitrogens with zero attached hydrogens (tertiary/aromatic N) is 3. The van der Waals surface area contributed by atoms with E-state index in [1.807, 2.05) is 48.9 Å². The van der Waals surface area contributed by atoms with Crippen molar-refractivity contribution in [2.45, 2.75) is 47.0 Å². The van der Waals surface area contributed by atoms with Crippen molar-refractivity contribution in [3.63, 3.8) is 0 Å². The molecule has 0 bridgehead atoms. The fourth-order valence-corrected chi connectivity index (χ4v) is 3.14. The Kier molecular flexibility index (Phi) is 4.98. The fraction of sp³-hybridized carbons (Fsp3) is 0.318. The second kappa shape index (κ2) is 7.11. The Morgan fingerprint density at radius 3 is 2.36 bits per heavy atom. The molecule has 0 saturated carbocycles. The molecule has 2 N–H and O–H groups in total. The Morgan fingerprint density at radius 2 is 1.75 bits per heavy atom. The summed E-state index contributed by atoms with van der Waals surface area (Å²) >= 11 is 0. The average molecular weight is 378 g/mol. The lowest BCUT2D eigenvalue weighted by Gasteiger charge is -2.15. The van der Waals surface area contributed by atoms with Crippen LogP contribution in [-0.4, -0.2) is 25.8 Å². The van der Waals surface area contributed by atoms with Gasteiger partial charge in [0.2, 0.25) is 0 Å². The normalized spacial score (nSPS) is 11.5. The Balaban J connectivity index is 2.19. The molecule has 1 aromatic carbocycles. The van der Waals surface area contributed by atoms with Crippen LogP contribution in [0.3, 0.4) is 0 Å². The van der Waals surface area contributed by atoms with Gasteiger partial charge in [-0.05, 0) is 44.0 Å². The number of rotatable bonds is 4. The molecule has 6 nitrogen and oxygen atoms in total. The molecule has 0 fully saturated rings. The van der Waals surface area contributed by atoms with Gasteiger partial charge in [-0.15, -0.1) is 0 Å². The molecule has 0 unspecified atom stereocenters. The van der Waals surface area contributed by atoms with Gasteiger partial charge < -0.3 is 10.4 Å². The van der Waals surface area contributed by atoms with E-state index in [1.165, 1.54) is 0 Å². The Bertz CT molecular complexity index is 1050. The minimum atomic E-state index is -1.01. The molecule has 0 atom stereocenters. The highest BCUT2D eigenvalue weighted by Crippen LogP contribution is 2.30. The largest absolute Gasteiger partial charge is 0.478 e. The highest BCUT2D eigenvalue weighted by molar-refractivity contribution is 5.95. The van der Waals surface area contributed by atoms with E-state index in [0.29, 0.717) is 17.2 Å². The molecule has 28 heavy (non-hydrogen) atoms. The maximum atomic E-state index is 11.8. The molecule has 2 aromatic heterocycles. The molecule has 0 saturated heterocycles. The van der Waals surface area contributed by atoms with Gasteiger partial charge in [0, 0.05) is 17.2 Å². The highest BCUT2D eigenvalue weighted by atomic mass is 16.4. The van der Waals surface area contributed by atoms with Crippen molar-refractivity contribution in [2.24, 2.45) is 0 Å². The number of aromatic nitrogens is 3. The molecule has 2 heterocycles. The maximum Gasteiger partial charge on any atom is 0.339 e.